The molecule has 1 aliphatic rings. The minimum atomic E-state index is -0.266. The minimum Gasteiger partial charge on any atom is -0.493 e. The maximum absolute atomic E-state index is 12.2. The van der Waals surface area contributed by atoms with Crippen LogP contribution in [-0.2, 0) is 5.41 Å². The zero-order chi connectivity index (χ0) is 19.4. The Balaban J connectivity index is 1.60. The second-order valence-corrected chi connectivity index (χ2v) is 6.79. The van der Waals surface area contributed by atoms with Gasteiger partial charge in [0.25, 0.3) is 0 Å². The van der Waals surface area contributed by atoms with Crippen LogP contribution in [0, 0.1) is 0 Å². The predicted molar refractivity (Wildman–Crippen MR) is 104 cm³/mol. The molecule has 6 heteroatoms. The van der Waals surface area contributed by atoms with Crippen molar-refractivity contribution in [1.82, 2.24) is 5.32 Å². The first-order chi connectivity index (χ1) is 13.0. The van der Waals surface area contributed by atoms with Gasteiger partial charge in [-0.3, -0.25) is 4.79 Å². The number of urea groups is 1. The fourth-order valence-corrected chi connectivity index (χ4v) is 3.10. The molecule has 3 rings (SSSR count). The Bertz CT molecular complexity index is 842. The van der Waals surface area contributed by atoms with Gasteiger partial charge in [-0.15, -0.1) is 0 Å². The molecule has 0 bridgehead atoms. The number of hydrogen-bond acceptors (Lipinski definition) is 4. The summed E-state index contributed by atoms with van der Waals surface area (Å²) in [5, 5.41) is 5.74. The summed E-state index contributed by atoms with van der Waals surface area (Å²) in [5.41, 5.74) is 2.33. The first kappa shape index (κ1) is 18.8. The van der Waals surface area contributed by atoms with Crippen LogP contribution in [0.25, 0.3) is 0 Å². The number of nitrogens with one attached hydrogen (secondary N) is 2. The van der Waals surface area contributed by atoms with Crippen LogP contribution in [0.1, 0.15) is 35.7 Å². The Labute approximate surface area is 158 Å². The molecule has 2 amide bonds. The predicted octanol–water partition coefficient (Wildman–Crippen LogP) is 3.76. The van der Waals surface area contributed by atoms with Crippen molar-refractivity contribution in [3.63, 3.8) is 0 Å². The van der Waals surface area contributed by atoms with E-state index in [9.17, 15) is 9.59 Å². The largest absolute Gasteiger partial charge is 0.493 e. The molecule has 6 nitrogen and oxygen atoms in total. The van der Waals surface area contributed by atoms with E-state index in [0.29, 0.717) is 29.3 Å². The summed E-state index contributed by atoms with van der Waals surface area (Å²) < 4.78 is 10.7. The van der Waals surface area contributed by atoms with Crippen LogP contribution in [0.15, 0.2) is 42.5 Å². The number of hydrogen-bond donors (Lipinski definition) is 2. The third-order valence-electron chi connectivity index (χ3n) is 4.99. The Hall–Kier alpha value is -3.02. The van der Waals surface area contributed by atoms with Gasteiger partial charge in [0.2, 0.25) is 0 Å². The summed E-state index contributed by atoms with van der Waals surface area (Å²) in [4.78, 5) is 23.5. The van der Waals surface area contributed by atoms with E-state index in [-0.39, 0.29) is 17.2 Å². The molecule has 0 aliphatic heterocycles. The zero-order valence-corrected chi connectivity index (χ0v) is 15.8. The van der Waals surface area contributed by atoms with E-state index in [0.717, 1.165) is 18.4 Å². The van der Waals surface area contributed by atoms with Gasteiger partial charge >= 0.3 is 6.03 Å². The average Bonchev–Trinajstić information content (AvgIpc) is 3.47. The first-order valence-corrected chi connectivity index (χ1v) is 8.86. The molecule has 1 fully saturated rings. The standard InChI is InChI=1S/C21H24N2O4/c1-14(24)15-4-7-17(8-5-15)23-20(25)22-13-21(10-11-21)16-6-9-18(26-2)19(12-16)27-3/h4-9,12H,10-11,13H2,1-3H3,(H2,22,23,25). The van der Waals surface area contributed by atoms with E-state index in [2.05, 4.69) is 10.6 Å². The molecule has 0 unspecified atom stereocenters. The third-order valence-corrected chi connectivity index (χ3v) is 4.99. The third kappa shape index (κ3) is 4.22. The van der Waals surface area contributed by atoms with Crippen molar-refractivity contribution in [1.29, 1.82) is 0 Å². The molecule has 0 saturated heterocycles. The lowest BCUT2D eigenvalue weighted by atomic mass is 9.95. The summed E-state index contributed by atoms with van der Waals surface area (Å²) in [6.45, 7) is 2.05. The van der Waals surface area contributed by atoms with E-state index in [1.165, 1.54) is 6.92 Å². The zero-order valence-electron chi connectivity index (χ0n) is 15.8. The molecule has 1 saturated carbocycles. The molecule has 2 N–H and O–H groups in total. The van der Waals surface area contributed by atoms with Crippen LogP contribution in [0.5, 0.6) is 11.5 Å². The number of benzene rings is 2. The molecule has 0 atom stereocenters. The second-order valence-electron chi connectivity index (χ2n) is 6.79. The van der Waals surface area contributed by atoms with Gasteiger partial charge in [-0.2, -0.15) is 0 Å². The lowest BCUT2D eigenvalue weighted by Gasteiger charge is -2.19. The number of rotatable bonds is 7. The highest BCUT2D eigenvalue weighted by atomic mass is 16.5. The molecule has 0 spiro atoms. The highest BCUT2D eigenvalue weighted by Gasteiger charge is 2.44. The molecule has 27 heavy (non-hydrogen) atoms. The van der Waals surface area contributed by atoms with Crippen LogP contribution in [0.3, 0.4) is 0 Å². The van der Waals surface area contributed by atoms with Crippen molar-refractivity contribution in [2.75, 3.05) is 26.1 Å². The molecule has 0 aromatic heterocycles. The number of ether oxygens (including phenoxy) is 2. The van der Waals surface area contributed by atoms with E-state index in [1.54, 1.807) is 38.5 Å². The molecule has 2 aromatic carbocycles. The normalized spacial score (nSPS) is 14.2. The van der Waals surface area contributed by atoms with Gasteiger partial charge in [-0.25, -0.2) is 4.79 Å². The summed E-state index contributed by atoms with van der Waals surface area (Å²) in [6.07, 6.45) is 2.02. The number of anilines is 1. The Morgan fingerprint density at radius 2 is 1.67 bits per heavy atom. The lowest BCUT2D eigenvalue weighted by molar-refractivity contribution is 0.101. The van der Waals surface area contributed by atoms with E-state index >= 15 is 0 Å². The van der Waals surface area contributed by atoms with Crippen molar-refractivity contribution in [2.45, 2.75) is 25.2 Å². The van der Waals surface area contributed by atoms with Crippen molar-refractivity contribution in [2.24, 2.45) is 0 Å². The molecule has 2 aromatic rings. The highest BCUT2D eigenvalue weighted by molar-refractivity contribution is 5.95. The quantitative estimate of drug-likeness (QED) is 0.730. The topological polar surface area (TPSA) is 76.7 Å². The van der Waals surface area contributed by atoms with Gasteiger partial charge in [-0.1, -0.05) is 6.07 Å². The van der Waals surface area contributed by atoms with E-state index < -0.39 is 0 Å². The highest BCUT2D eigenvalue weighted by Crippen LogP contribution is 2.49. The van der Waals surface area contributed by atoms with Gasteiger partial charge in [-0.05, 0) is 61.7 Å². The summed E-state index contributed by atoms with van der Waals surface area (Å²) in [7, 11) is 3.23. The second kappa shape index (κ2) is 7.70. The number of amides is 2. The Morgan fingerprint density at radius 3 is 2.22 bits per heavy atom. The Kier molecular flexibility index (Phi) is 5.35. The number of carbonyl (C=O) groups excluding carboxylic acids is 2. The molecule has 142 valence electrons. The molecular formula is C21H24N2O4. The van der Waals surface area contributed by atoms with Crippen LogP contribution < -0.4 is 20.1 Å². The van der Waals surface area contributed by atoms with Crippen LogP contribution in [0.4, 0.5) is 10.5 Å². The number of ketones is 1. The van der Waals surface area contributed by atoms with Gasteiger partial charge in [0.1, 0.15) is 0 Å². The van der Waals surface area contributed by atoms with E-state index in [4.69, 9.17) is 9.47 Å². The maximum Gasteiger partial charge on any atom is 0.319 e. The van der Waals surface area contributed by atoms with Gasteiger partial charge in [0.15, 0.2) is 17.3 Å². The van der Waals surface area contributed by atoms with Gasteiger partial charge in [0, 0.05) is 23.2 Å². The summed E-state index contributed by atoms with van der Waals surface area (Å²) in [6, 6.07) is 12.5. The summed E-state index contributed by atoms with van der Waals surface area (Å²) in [5.74, 6) is 1.38. The Morgan fingerprint density at radius 1 is 1.00 bits per heavy atom. The first-order valence-electron chi connectivity index (χ1n) is 8.86. The van der Waals surface area contributed by atoms with Crippen molar-refractivity contribution in [3.8, 4) is 11.5 Å². The number of Topliss-reactive ketones (excluding diaryl/α,β-unsaturated/α-hetero) is 1. The molecular weight excluding hydrogens is 344 g/mol. The van der Waals surface area contributed by atoms with Crippen molar-refractivity contribution in [3.05, 3.63) is 53.6 Å². The molecule has 0 radical (unpaired) electrons. The van der Waals surface area contributed by atoms with Gasteiger partial charge in [0.05, 0.1) is 14.2 Å². The summed E-state index contributed by atoms with van der Waals surface area (Å²) >= 11 is 0. The van der Waals surface area contributed by atoms with Crippen molar-refractivity contribution < 1.29 is 19.1 Å². The SMILES string of the molecule is COc1ccc(C2(CNC(=O)Nc3ccc(C(C)=O)cc3)CC2)cc1OC. The van der Waals surface area contributed by atoms with E-state index in [1.807, 2.05) is 18.2 Å². The minimum absolute atomic E-state index is 0.00315. The molecule has 0 heterocycles. The fraction of sp³-hybridized carbons (Fsp3) is 0.333. The molecule has 1 aliphatic carbocycles. The smallest absolute Gasteiger partial charge is 0.319 e. The maximum atomic E-state index is 12.2. The van der Waals surface area contributed by atoms with Gasteiger partial charge < -0.3 is 20.1 Å². The number of carbonyl (C=O) groups is 2. The lowest BCUT2D eigenvalue weighted by Crippen LogP contribution is -2.35. The van der Waals surface area contributed by atoms with Crippen LogP contribution in [-0.4, -0.2) is 32.6 Å². The average molecular weight is 368 g/mol. The van der Waals surface area contributed by atoms with Crippen LogP contribution in [0.2, 0.25) is 0 Å². The fourth-order valence-electron chi connectivity index (χ4n) is 3.10. The number of methoxy groups -OCH3 is 2. The van der Waals surface area contributed by atoms with Crippen LogP contribution >= 0.6 is 0 Å². The monoisotopic (exact) mass is 368 g/mol. The van der Waals surface area contributed by atoms with Crippen molar-refractivity contribution >= 4 is 17.5 Å².